The van der Waals surface area contributed by atoms with Crippen molar-refractivity contribution in [3.8, 4) is 0 Å². The summed E-state index contributed by atoms with van der Waals surface area (Å²) in [7, 11) is -1.91. The van der Waals surface area contributed by atoms with Crippen molar-refractivity contribution in [2.24, 2.45) is 4.99 Å². The first-order valence-corrected chi connectivity index (χ1v) is 10.0. The molecule has 0 bridgehead atoms. The van der Waals surface area contributed by atoms with Crippen LogP contribution >= 0.6 is 0 Å². The van der Waals surface area contributed by atoms with Gasteiger partial charge in [0.15, 0.2) is 0 Å². The van der Waals surface area contributed by atoms with Crippen LogP contribution in [0, 0.1) is 0 Å². The molecule has 0 radical (unpaired) electrons. The van der Waals surface area contributed by atoms with E-state index >= 15 is 0 Å². The highest BCUT2D eigenvalue weighted by Gasteiger charge is 2.29. The lowest BCUT2D eigenvalue weighted by Gasteiger charge is -2.25. The van der Waals surface area contributed by atoms with Crippen molar-refractivity contribution in [1.82, 2.24) is 0 Å². The normalized spacial score (nSPS) is 16.9. The highest BCUT2D eigenvalue weighted by atomic mass is 28.4. The predicted octanol–water partition coefficient (Wildman–Crippen LogP) is 3.93. The Morgan fingerprint density at radius 2 is 1.67 bits per heavy atom. The van der Waals surface area contributed by atoms with Crippen LogP contribution in [0.2, 0.25) is 12.6 Å². The third-order valence-corrected chi connectivity index (χ3v) is 6.51. The number of hydrogen-bond acceptors (Lipinski definition) is 3. The molecule has 1 aliphatic carbocycles. The smallest absolute Gasteiger partial charge is 0.334 e. The summed E-state index contributed by atoms with van der Waals surface area (Å²) in [6.07, 6.45) is 7.62. The summed E-state index contributed by atoms with van der Waals surface area (Å²) < 4.78 is 11.7. The highest BCUT2D eigenvalue weighted by Crippen LogP contribution is 2.17. The minimum atomic E-state index is -1.91. The van der Waals surface area contributed by atoms with Gasteiger partial charge in [0.1, 0.15) is 0 Å². The van der Waals surface area contributed by atoms with E-state index in [4.69, 9.17) is 13.8 Å². The summed E-state index contributed by atoms with van der Waals surface area (Å²) in [5.74, 6) is 0. The van der Waals surface area contributed by atoms with Gasteiger partial charge in [-0.25, -0.2) is 0 Å². The Bertz CT molecular complexity index is 242. The lowest BCUT2D eigenvalue weighted by Crippen LogP contribution is -2.38. The number of rotatable bonds is 8. The van der Waals surface area contributed by atoms with E-state index in [0.29, 0.717) is 0 Å². The van der Waals surface area contributed by atoms with Gasteiger partial charge in [-0.2, -0.15) is 0 Å². The van der Waals surface area contributed by atoms with Gasteiger partial charge in [-0.1, -0.05) is 6.42 Å². The molecule has 0 atom stereocenters. The summed E-state index contributed by atoms with van der Waals surface area (Å²) in [5, 5.41) is 0. The molecule has 3 nitrogen and oxygen atoms in total. The molecule has 1 aliphatic rings. The third kappa shape index (κ3) is 6.11. The quantitative estimate of drug-likeness (QED) is 0.495. The van der Waals surface area contributed by atoms with Crippen molar-refractivity contribution in [3.05, 3.63) is 0 Å². The van der Waals surface area contributed by atoms with Crippen LogP contribution in [-0.2, 0) is 8.85 Å². The Balaban J connectivity index is 2.25. The van der Waals surface area contributed by atoms with Crippen molar-refractivity contribution >= 4 is 14.3 Å². The standard InChI is InChI=1S/C14H29NO2Si/c1-4-16-18(3,17-5-2)13-9-12-15-14-10-7-6-8-11-14/h4-13H2,1-3H3. The molecule has 0 N–H and O–H groups in total. The van der Waals surface area contributed by atoms with Crippen LogP contribution in [0.5, 0.6) is 0 Å². The zero-order valence-corrected chi connectivity index (χ0v) is 13.3. The van der Waals surface area contributed by atoms with Gasteiger partial charge in [0.05, 0.1) is 0 Å². The molecular formula is C14H29NO2Si. The molecule has 0 aliphatic heterocycles. The molecule has 0 spiro atoms. The lowest BCUT2D eigenvalue weighted by atomic mass is 9.98. The first-order valence-electron chi connectivity index (χ1n) is 7.50. The number of nitrogens with zero attached hydrogens (tertiary/aromatic N) is 1. The Kier molecular flexibility index (Phi) is 7.78. The Morgan fingerprint density at radius 3 is 2.22 bits per heavy atom. The topological polar surface area (TPSA) is 30.8 Å². The third-order valence-electron chi connectivity index (χ3n) is 3.45. The predicted molar refractivity (Wildman–Crippen MR) is 79.7 cm³/mol. The average Bonchev–Trinajstić information content (AvgIpc) is 2.37. The Hall–Kier alpha value is -0.193. The van der Waals surface area contributed by atoms with Crippen LogP contribution in [0.25, 0.3) is 0 Å². The van der Waals surface area contributed by atoms with E-state index in [-0.39, 0.29) is 0 Å². The van der Waals surface area contributed by atoms with E-state index in [1.165, 1.54) is 37.8 Å². The van der Waals surface area contributed by atoms with E-state index in [1.54, 1.807) is 0 Å². The van der Waals surface area contributed by atoms with E-state index < -0.39 is 8.56 Å². The molecule has 0 unspecified atom stereocenters. The minimum Gasteiger partial charge on any atom is -0.395 e. The second-order valence-electron chi connectivity index (χ2n) is 5.11. The van der Waals surface area contributed by atoms with Gasteiger partial charge in [-0.05, 0) is 58.5 Å². The van der Waals surface area contributed by atoms with E-state index in [1.807, 2.05) is 13.8 Å². The fourth-order valence-corrected chi connectivity index (χ4v) is 4.95. The number of hydrogen-bond donors (Lipinski definition) is 0. The zero-order chi connectivity index (χ0) is 13.3. The van der Waals surface area contributed by atoms with Gasteiger partial charge < -0.3 is 8.85 Å². The summed E-state index contributed by atoms with van der Waals surface area (Å²) in [6.45, 7) is 8.75. The van der Waals surface area contributed by atoms with Crippen LogP contribution in [0.1, 0.15) is 52.4 Å². The molecule has 0 amide bonds. The monoisotopic (exact) mass is 271 g/mol. The minimum absolute atomic E-state index is 0.761. The van der Waals surface area contributed by atoms with Crippen molar-refractivity contribution in [1.29, 1.82) is 0 Å². The van der Waals surface area contributed by atoms with Gasteiger partial charge in [0, 0.05) is 25.5 Å². The van der Waals surface area contributed by atoms with Crippen molar-refractivity contribution in [2.75, 3.05) is 19.8 Å². The van der Waals surface area contributed by atoms with Crippen molar-refractivity contribution in [3.63, 3.8) is 0 Å². The van der Waals surface area contributed by atoms with Gasteiger partial charge in [0.25, 0.3) is 0 Å². The van der Waals surface area contributed by atoms with Gasteiger partial charge in [0.2, 0.25) is 0 Å². The summed E-state index contributed by atoms with van der Waals surface area (Å²) in [4.78, 5) is 4.73. The molecule has 0 heterocycles. The van der Waals surface area contributed by atoms with Crippen LogP contribution in [0.15, 0.2) is 4.99 Å². The fraction of sp³-hybridized carbons (Fsp3) is 0.929. The number of aliphatic imine (C=N–C) groups is 1. The second-order valence-corrected chi connectivity index (χ2v) is 8.46. The van der Waals surface area contributed by atoms with Gasteiger partial charge in [-0.3, -0.25) is 4.99 Å². The Morgan fingerprint density at radius 1 is 1.06 bits per heavy atom. The fourth-order valence-electron chi connectivity index (χ4n) is 2.55. The van der Waals surface area contributed by atoms with Crippen molar-refractivity contribution in [2.45, 2.75) is 65.0 Å². The van der Waals surface area contributed by atoms with Gasteiger partial charge >= 0.3 is 8.56 Å². The molecule has 0 aromatic carbocycles. The van der Waals surface area contributed by atoms with E-state index in [2.05, 4.69) is 6.55 Å². The van der Waals surface area contributed by atoms with Crippen LogP contribution < -0.4 is 0 Å². The SMILES string of the molecule is CCO[Si](C)(CCCN=C1CCCCC1)OCC. The molecule has 0 aromatic rings. The molecule has 1 fully saturated rings. The van der Waals surface area contributed by atoms with E-state index in [9.17, 15) is 0 Å². The lowest BCUT2D eigenvalue weighted by molar-refractivity contribution is 0.188. The molecule has 18 heavy (non-hydrogen) atoms. The first kappa shape index (κ1) is 15.9. The highest BCUT2D eigenvalue weighted by molar-refractivity contribution is 6.66. The van der Waals surface area contributed by atoms with Crippen LogP contribution in [0.3, 0.4) is 0 Å². The molecule has 4 heteroatoms. The molecule has 1 saturated carbocycles. The maximum Gasteiger partial charge on any atom is 0.334 e. The average molecular weight is 271 g/mol. The zero-order valence-electron chi connectivity index (χ0n) is 12.3. The molecule has 106 valence electrons. The first-order chi connectivity index (χ1) is 8.70. The summed E-state index contributed by atoms with van der Waals surface area (Å²) in [6, 6.07) is 1.06. The largest absolute Gasteiger partial charge is 0.395 e. The summed E-state index contributed by atoms with van der Waals surface area (Å²) >= 11 is 0. The van der Waals surface area contributed by atoms with Crippen molar-refractivity contribution < 1.29 is 8.85 Å². The molecular weight excluding hydrogens is 242 g/mol. The molecule has 0 aromatic heterocycles. The summed E-state index contributed by atoms with van der Waals surface area (Å²) in [5.41, 5.74) is 1.44. The van der Waals surface area contributed by atoms with Crippen LogP contribution in [0.4, 0.5) is 0 Å². The second kappa shape index (κ2) is 8.83. The maximum absolute atomic E-state index is 5.83. The Labute approximate surface area is 113 Å². The maximum atomic E-state index is 5.83. The van der Waals surface area contributed by atoms with E-state index in [0.717, 1.165) is 32.2 Å². The van der Waals surface area contributed by atoms with Gasteiger partial charge in [-0.15, -0.1) is 0 Å². The van der Waals surface area contributed by atoms with Crippen LogP contribution in [-0.4, -0.2) is 34.0 Å². The molecule has 1 rings (SSSR count). The molecule has 0 saturated heterocycles.